The second kappa shape index (κ2) is 8.50. The fourth-order valence-electron chi connectivity index (χ4n) is 3.47. The van der Waals surface area contributed by atoms with Gasteiger partial charge in [0.2, 0.25) is 0 Å². The quantitative estimate of drug-likeness (QED) is 0.847. The van der Waals surface area contributed by atoms with Crippen molar-refractivity contribution < 1.29 is 18.7 Å². The molecule has 0 unspecified atom stereocenters. The predicted molar refractivity (Wildman–Crippen MR) is 103 cm³/mol. The van der Waals surface area contributed by atoms with Gasteiger partial charge in [-0.3, -0.25) is 4.79 Å². The van der Waals surface area contributed by atoms with E-state index in [0.29, 0.717) is 23.5 Å². The molecule has 1 aliphatic heterocycles. The van der Waals surface area contributed by atoms with E-state index in [1.807, 2.05) is 20.0 Å². The third-order valence-electron chi connectivity index (χ3n) is 4.74. The van der Waals surface area contributed by atoms with E-state index in [0.717, 1.165) is 18.7 Å². The molecular weight excluding hydrogens is 347 g/mol. The number of carbonyl (C=O) groups excluding carboxylic acids is 1. The molecular formula is C21H25FN2O3. The lowest BCUT2D eigenvalue weighted by Gasteiger charge is -2.20. The third kappa shape index (κ3) is 4.46. The van der Waals surface area contributed by atoms with Gasteiger partial charge in [-0.25, -0.2) is 4.39 Å². The Hall–Kier alpha value is -2.44. The van der Waals surface area contributed by atoms with Gasteiger partial charge < -0.3 is 19.7 Å². The number of methoxy groups -OCH3 is 1. The Morgan fingerprint density at radius 2 is 2.07 bits per heavy atom. The normalized spacial score (nSPS) is 19.9. The average molecular weight is 372 g/mol. The first-order chi connectivity index (χ1) is 13.0. The lowest BCUT2D eigenvalue weighted by Crippen LogP contribution is -2.43. The molecule has 1 heterocycles. The number of nitrogens with one attached hydrogen (secondary N) is 1. The SMILES string of the molecule is CCO[C@H]1CN(C)C[C@@H]1NC(=O)c1cccc(-c2cc(F)ccc2OC)c1. The number of hydrogen-bond donors (Lipinski definition) is 1. The van der Waals surface area contributed by atoms with Crippen LogP contribution in [0.25, 0.3) is 11.1 Å². The lowest BCUT2D eigenvalue weighted by atomic mass is 10.0. The molecule has 5 nitrogen and oxygen atoms in total. The van der Waals surface area contributed by atoms with E-state index in [2.05, 4.69) is 10.2 Å². The molecule has 1 fully saturated rings. The van der Waals surface area contributed by atoms with Gasteiger partial charge in [0.05, 0.1) is 19.3 Å². The number of benzene rings is 2. The van der Waals surface area contributed by atoms with Crippen LogP contribution in [0.3, 0.4) is 0 Å². The van der Waals surface area contributed by atoms with Gasteiger partial charge in [0.15, 0.2) is 0 Å². The van der Waals surface area contributed by atoms with Crippen molar-refractivity contribution in [3.63, 3.8) is 0 Å². The fourth-order valence-corrected chi connectivity index (χ4v) is 3.47. The Morgan fingerprint density at radius 1 is 1.26 bits per heavy atom. The van der Waals surface area contributed by atoms with Crippen molar-refractivity contribution in [3.05, 3.63) is 53.8 Å². The summed E-state index contributed by atoms with van der Waals surface area (Å²) in [5, 5.41) is 3.07. The standard InChI is InChI=1S/C21H25FN2O3/c1-4-27-20-13-24(2)12-18(20)23-21(25)15-7-5-6-14(10-15)17-11-16(22)8-9-19(17)26-3/h5-11,18,20H,4,12-13H2,1-3H3,(H,23,25)/t18-,20-/m0/s1. The van der Waals surface area contributed by atoms with E-state index in [4.69, 9.17) is 9.47 Å². The monoisotopic (exact) mass is 372 g/mol. The lowest BCUT2D eigenvalue weighted by molar-refractivity contribution is 0.0513. The Kier molecular flexibility index (Phi) is 6.08. The molecule has 2 aromatic rings. The van der Waals surface area contributed by atoms with E-state index in [9.17, 15) is 9.18 Å². The number of amides is 1. The van der Waals surface area contributed by atoms with Gasteiger partial charge in [-0.1, -0.05) is 12.1 Å². The number of halogens is 1. The number of likely N-dealkylation sites (N-methyl/N-ethyl adjacent to an activating group) is 1. The van der Waals surface area contributed by atoms with Crippen LogP contribution in [0.1, 0.15) is 17.3 Å². The highest BCUT2D eigenvalue weighted by Gasteiger charge is 2.32. The first-order valence-corrected chi connectivity index (χ1v) is 9.06. The first kappa shape index (κ1) is 19.3. The van der Waals surface area contributed by atoms with Crippen molar-refractivity contribution in [2.24, 2.45) is 0 Å². The molecule has 27 heavy (non-hydrogen) atoms. The Balaban J connectivity index is 1.81. The number of rotatable bonds is 6. The van der Waals surface area contributed by atoms with E-state index in [1.165, 1.54) is 19.2 Å². The van der Waals surface area contributed by atoms with Crippen LogP contribution in [0.4, 0.5) is 4.39 Å². The van der Waals surface area contributed by atoms with Crippen LogP contribution >= 0.6 is 0 Å². The molecule has 1 amide bonds. The van der Waals surface area contributed by atoms with E-state index in [-0.39, 0.29) is 23.9 Å². The van der Waals surface area contributed by atoms with Crippen molar-refractivity contribution in [2.75, 3.05) is 33.9 Å². The topological polar surface area (TPSA) is 50.8 Å². The van der Waals surface area contributed by atoms with Crippen LogP contribution in [0.5, 0.6) is 5.75 Å². The van der Waals surface area contributed by atoms with E-state index < -0.39 is 0 Å². The van der Waals surface area contributed by atoms with Gasteiger partial charge in [-0.05, 0) is 49.9 Å². The van der Waals surface area contributed by atoms with Gasteiger partial charge >= 0.3 is 0 Å². The highest BCUT2D eigenvalue weighted by Crippen LogP contribution is 2.31. The second-order valence-corrected chi connectivity index (χ2v) is 6.72. The summed E-state index contributed by atoms with van der Waals surface area (Å²) in [5.41, 5.74) is 1.85. The van der Waals surface area contributed by atoms with Gasteiger partial charge in [-0.15, -0.1) is 0 Å². The molecule has 144 valence electrons. The van der Waals surface area contributed by atoms with Crippen LogP contribution in [0.2, 0.25) is 0 Å². The summed E-state index contributed by atoms with van der Waals surface area (Å²) in [6.07, 6.45) is -0.0181. The molecule has 0 bridgehead atoms. The zero-order valence-electron chi connectivity index (χ0n) is 15.9. The minimum atomic E-state index is -0.353. The third-order valence-corrected chi connectivity index (χ3v) is 4.74. The van der Waals surface area contributed by atoms with Gasteiger partial charge in [0.25, 0.3) is 5.91 Å². The molecule has 0 aromatic heterocycles. The van der Waals surface area contributed by atoms with Crippen LogP contribution in [-0.2, 0) is 4.74 Å². The van der Waals surface area contributed by atoms with Crippen LogP contribution in [0, 0.1) is 5.82 Å². The average Bonchev–Trinajstić information content (AvgIpc) is 3.01. The zero-order chi connectivity index (χ0) is 19.4. The number of nitrogens with zero attached hydrogens (tertiary/aromatic N) is 1. The summed E-state index contributed by atoms with van der Waals surface area (Å²) in [6, 6.07) is 11.4. The number of likely N-dealkylation sites (tertiary alicyclic amines) is 1. The van der Waals surface area contributed by atoms with Crippen molar-refractivity contribution in [3.8, 4) is 16.9 Å². The number of hydrogen-bond acceptors (Lipinski definition) is 4. The van der Waals surface area contributed by atoms with Crippen LogP contribution < -0.4 is 10.1 Å². The second-order valence-electron chi connectivity index (χ2n) is 6.72. The van der Waals surface area contributed by atoms with Crippen molar-refractivity contribution in [1.29, 1.82) is 0 Å². The molecule has 0 spiro atoms. The predicted octanol–water partition coefficient (Wildman–Crippen LogP) is 2.95. The van der Waals surface area contributed by atoms with Gasteiger partial charge in [0, 0.05) is 30.8 Å². The summed E-state index contributed by atoms with van der Waals surface area (Å²) < 4.78 is 24.8. The van der Waals surface area contributed by atoms with Crippen LogP contribution in [0.15, 0.2) is 42.5 Å². The highest BCUT2D eigenvalue weighted by molar-refractivity contribution is 5.96. The maximum absolute atomic E-state index is 13.7. The van der Waals surface area contributed by atoms with Crippen LogP contribution in [-0.4, -0.2) is 56.8 Å². The Labute approximate surface area is 159 Å². The van der Waals surface area contributed by atoms with Crippen molar-refractivity contribution in [2.45, 2.75) is 19.1 Å². The first-order valence-electron chi connectivity index (χ1n) is 9.06. The largest absolute Gasteiger partial charge is 0.496 e. The molecule has 0 radical (unpaired) electrons. The summed E-state index contributed by atoms with van der Waals surface area (Å²) >= 11 is 0. The smallest absolute Gasteiger partial charge is 0.251 e. The molecule has 1 aliphatic rings. The molecule has 0 saturated carbocycles. The minimum absolute atomic E-state index is 0.0181. The summed E-state index contributed by atoms with van der Waals surface area (Å²) in [5.74, 6) is 0.0363. The summed E-state index contributed by atoms with van der Waals surface area (Å²) in [4.78, 5) is 14.9. The minimum Gasteiger partial charge on any atom is -0.496 e. The highest BCUT2D eigenvalue weighted by atomic mass is 19.1. The zero-order valence-corrected chi connectivity index (χ0v) is 15.9. The van der Waals surface area contributed by atoms with Gasteiger partial charge in [-0.2, -0.15) is 0 Å². The maximum Gasteiger partial charge on any atom is 0.251 e. The number of carbonyl (C=O) groups is 1. The van der Waals surface area contributed by atoms with E-state index >= 15 is 0 Å². The fraction of sp³-hybridized carbons (Fsp3) is 0.381. The Bertz CT molecular complexity index is 812. The molecule has 2 atom stereocenters. The summed E-state index contributed by atoms with van der Waals surface area (Å²) in [7, 11) is 3.55. The molecule has 2 aromatic carbocycles. The molecule has 3 rings (SSSR count). The van der Waals surface area contributed by atoms with Crippen molar-refractivity contribution in [1.82, 2.24) is 10.2 Å². The van der Waals surface area contributed by atoms with Crippen molar-refractivity contribution >= 4 is 5.91 Å². The molecule has 1 N–H and O–H groups in total. The summed E-state index contributed by atoms with van der Waals surface area (Å²) in [6.45, 7) is 4.10. The molecule has 1 saturated heterocycles. The Morgan fingerprint density at radius 3 is 2.81 bits per heavy atom. The maximum atomic E-state index is 13.7. The molecule has 0 aliphatic carbocycles. The molecule has 6 heteroatoms. The van der Waals surface area contributed by atoms with E-state index in [1.54, 1.807) is 24.3 Å². The number of ether oxygens (including phenoxy) is 2. The van der Waals surface area contributed by atoms with Gasteiger partial charge in [0.1, 0.15) is 11.6 Å².